The van der Waals surface area contributed by atoms with Crippen LogP contribution in [-0.4, -0.2) is 36.1 Å². The van der Waals surface area contributed by atoms with Crippen LogP contribution >= 0.6 is 0 Å². The minimum atomic E-state index is -0.475. The molecule has 7 nitrogen and oxygen atoms in total. The van der Waals surface area contributed by atoms with Gasteiger partial charge in [0, 0.05) is 35.1 Å². The van der Waals surface area contributed by atoms with Gasteiger partial charge in [-0.1, -0.05) is 24.6 Å². The van der Waals surface area contributed by atoms with Crippen molar-refractivity contribution in [1.29, 1.82) is 0 Å². The Balaban J connectivity index is 1.37. The first kappa shape index (κ1) is 21.9. The first-order valence-electron chi connectivity index (χ1n) is 11.4. The van der Waals surface area contributed by atoms with Crippen LogP contribution in [0, 0.1) is 0 Å². The van der Waals surface area contributed by atoms with Gasteiger partial charge in [-0.25, -0.2) is 0 Å². The quantitative estimate of drug-likeness (QED) is 0.324. The molecule has 0 radical (unpaired) electrons. The smallest absolute Gasteiger partial charge is 0.260 e. The van der Waals surface area contributed by atoms with Crippen molar-refractivity contribution >= 4 is 29.4 Å². The summed E-state index contributed by atoms with van der Waals surface area (Å²) in [5.41, 5.74) is 4.02. The lowest BCUT2D eigenvalue weighted by atomic mass is 9.93. The van der Waals surface area contributed by atoms with Crippen LogP contribution in [0.4, 0.5) is 5.69 Å². The minimum absolute atomic E-state index is 0.211. The molecule has 2 aliphatic heterocycles. The molecule has 5 rings (SSSR count). The second kappa shape index (κ2) is 9.49. The molecule has 2 N–H and O–H groups in total. The van der Waals surface area contributed by atoms with E-state index < -0.39 is 11.8 Å². The molecule has 2 aliphatic rings. The van der Waals surface area contributed by atoms with Gasteiger partial charge < -0.3 is 9.73 Å². The number of furan rings is 1. The van der Waals surface area contributed by atoms with Crippen molar-refractivity contribution in [2.45, 2.75) is 25.8 Å². The fraction of sp³-hybridized carbons (Fsp3) is 0.222. The molecule has 0 bridgehead atoms. The van der Waals surface area contributed by atoms with E-state index in [0.29, 0.717) is 34.3 Å². The number of amides is 2. The molecular formula is C27H25N3O4. The number of imide groups is 1. The van der Waals surface area contributed by atoms with Crippen LogP contribution in [0.5, 0.6) is 0 Å². The lowest BCUT2D eigenvalue weighted by Gasteiger charge is -2.26. The first-order valence-corrected chi connectivity index (χ1v) is 11.4. The van der Waals surface area contributed by atoms with E-state index in [1.54, 1.807) is 36.5 Å². The molecule has 1 aromatic heterocycles. The summed E-state index contributed by atoms with van der Waals surface area (Å²) in [6.07, 6.45) is 6.09. The van der Waals surface area contributed by atoms with Crippen LogP contribution in [-0.2, 0) is 11.3 Å². The highest BCUT2D eigenvalue weighted by molar-refractivity contribution is 6.31. The number of aldehydes is 1. The third-order valence-corrected chi connectivity index (χ3v) is 6.25. The second-order valence-electron chi connectivity index (χ2n) is 8.60. The first-order chi connectivity index (χ1) is 16.6. The number of likely N-dealkylation sites (tertiary alicyclic amines) is 1. The van der Waals surface area contributed by atoms with Crippen molar-refractivity contribution < 1.29 is 18.8 Å². The van der Waals surface area contributed by atoms with Crippen molar-refractivity contribution in [2.24, 2.45) is 0 Å². The van der Waals surface area contributed by atoms with E-state index in [0.717, 1.165) is 25.3 Å². The van der Waals surface area contributed by atoms with Crippen LogP contribution < -0.4 is 10.6 Å². The Hall–Kier alpha value is -3.97. The van der Waals surface area contributed by atoms with Crippen molar-refractivity contribution in [2.75, 3.05) is 18.4 Å². The fourth-order valence-corrected chi connectivity index (χ4v) is 4.43. The van der Waals surface area contributed by atoms with Crippen LogP contribution in [0.2, 0.25) is 0 Å². The molecule has 3 heterocycles. The van der Waals surface area contributed by atoms with Gasteiger partial charge >= 0.3 is 0 Å². The number of carbonyl (C=O) groups excluding carboxylic acids is 3. The third kappa shape index (κ3) is 4.56. The van der Waals surface area contributed by atoms with Crippen LogP contribution in [0.25, 0.3) is 16.9 Å². The van der Waals surface area contributed by atoms with Gasteiger partial charge in [-0.15, -0.1) is 0 Å². The Morgan fingerprint density at radius 1 is 0.912 bits per heavy atom. The average Bonchev–Trinajstić information content (AvgIpc) is 3.35. The monoisotopic (exact) mass is 455 g/mol. The summed E-state index contributed by atoms with van der Waals surface area (Å²) in [5, 5.41) is 5.57. The van der Waals surface area contributed by atoms with Crippen molar-refractivity contribution in [3.05, 3.63) is 83.2 Å². The summed E-state index contributed by atoms with van der Waals surface area (Å²) in [6.45, 7) is 3.24. The van der Waals surface area contributed by atoms with Gasteiger partial charge in [0.15, 0.2) is 12.0 Å². The molecule has 0 aliphatic carbocycles. The average molecular weight is 456 g/mol. The Labute approximate surface area is 197 Å². The molecule has 7 heteroatoms. The van der Waals surface area contributed by atoms with Crippen molar-refractivity contribution in [1.82, 2.24) is 10.2 Å². The molecule has 0 atom stereocenters. The Kier molecular flexibility index (Phi) is 6.10. The molecule has 0 spiro atoms. The number of carbonyl (C=O) groups is 3. The summed E-state index contributed by atoms with van der Waals surface area (Å²) >= 11 is 0. The maximum Gasteiger partial charge on any atom is 0.260 e. The molecule has 172 valence electrons. The summed E-state index contributed by atoms with van der Waals surface area (Å²) in [5.74, 6) is -0.224. The van der Waals surface area contributed by atoms with Crippen LogP contribution in [0.3, 0.4) is 0 Å². The van der Waals surface area contributed by atoms with E-state index in [4.69, 9.17) is 4.42 Å². The van der Waals surface area contributed by atoms with E-state index in [2.05, 4.69) is 27.7 Å². The third-order valence-electron chi connectivity index (χ3n) is 6.25. The highest BCUT2D eigenvalue weighted by Crippen LogP contribution is 2.30. The number of anilines is 1. The van der Waals surface area contributed by atoms with Gasteiger partial charge in [0.1, 0.15) is 5.76 Å². The molecule has 3 aromatic rings. The second-order valence-corrected chi connectivity index (χ2v) is 8.60. The highest BCUT2D eigenvalue weighted by atomic mass is 16.3. The predicted molar refractivity (Wildman–Crippen MR) is 129 cm³/mol. The number of nitrogens with one attached hydrogen (secondary N) is 2. The number of piperidine rings is 1. The largest absolute Gasteiger partial charge is 0.453 e. The van der Waals surface area contributed by atoms with Crippen molar-refractivity contribution in [3.8, 4) is 11.3 Å². The highest BCUT2D eigenvalue weighted by Gasteiger charge is 2.28. The summed E-state index contributed by atoms with van der Waals surface area (Å²) in [7, 11) is 0. The van der Waals surface area contributed by atoms with Gasteiger partial charge in [-0.05, 0) is 67.9 Å². The predicted octanol–water partition coefficient (Wildman–Crippen LogP) is 4.47. The Bertz CT molecular complexity index is 1270. The van der Waals surface area contributed by atoms with Crippen LogP contribution in [0.1, 0.15) is 51.3 Å². The molecule has 2 aromatic carbocycles. The van der Waals surface area contributed by atoms with Gasteiger partial charge in [-0.3, -0.25) is 24.6 Å². The van der Waals surface area contributed by atoms with E-state index >= 15 is 0 Å². The van der Waals surface area contributed by atoms with Crippen molar-refractivity contribution in [3.63, 3.8) is 0 Å². The Morgan fingerprint density at radius 3 is 2.44 bits per heavy atom. The topological polar surface area (TPSA) is 91.7 Å². The minimum Gasteiger partial charge on any atom is -0.453 e. The SMILES string of the molecule is O=Cc1ccc(-c2ccc3c(c2)/C(=C/Nc2ccc(CN4CCCCC4)cc2)C(=O)NC3=O)o1. The molecule has 0 saturated carbocycles. The van der Waals surface area contributed by atoms with E-state index in [1.165, 1.54) is 24.8 Å². The number of rotatable bonds is 6. The number of nitrogens with zero attached hydrogens (tertiary/aromatic N) is 1. The molecule has 1 fully saturated rings. The summed E-state index contributed by atoms with van der Waals surface area (Å²) < 4.78 is 5.50. The van der Waals surface area contributed by atoms with E-state index in [-0.39, 0.29) is 5.76 Å². The lowest BCUT2D eigenvalue weighted by Crippen LogP contribution is -2.36. The maximum atomic E-state index is 12.6. The summed E-state index contributed by atoms with van der Waals surface area (Å²) in [6, 6.07) is 16.5. The summed E-state index contributed by atoms with van der Waals surface area (Å²) in [4.78, 5) is 38.4. The number of fused-ring (bicyclic) bond motifs is 1. The van der Waals surface area contributed by atoms with Gasteiger partial charge in [0.25, 0.3) is 11.8 Å². The standard InChI is InChI=1S/C27H25N3O4/c31-17-21-9-11-25(34-21)19-6-10-22-23(14-19)24(27(33)29-26(22)32)15-28-20-7-4-18(5-8-20)16-30-12-2-1-3-13-30/h4-11,14-15,17,28H,1-3,12-13,16H2,(H,29,32,33)/b24-15-. The van der Waals surface area contributed by atoms with Gasteiger partial charge in [0.05, 0.1) is 5.57 Å². The zero-order valence-electron chi connectivity index (χ0n) is 18.7. The Morgan fingerprint density at radius 2 is 1.71 bits per heavy atom. The number of hydrogen-bond acceptors (Lipinski definition) is 6. The zero-order valence-corrected chi connectivity index (χ0v) is 18.7. The molecule has 1 saturated heterocycles. The molecule has 0 unspecified atom stereocenters. The van der Waals surface area contributed by atoms with Gasteiger partial charge in [0.2, 0.25) is 0 Å². The van der Waals surface area contributed by atoms with Gasteiger partial charge in [-0.2, -0.15) is 0 Å². The molecule has 34 heavy (non-hydrogen) atoms. The maximum absolute atomic E-state index is 12.6. The zero-order chi connectivity index (χ0) is 23.5. The number of benzene rings is 2. The van der Waals surface area contributed by atoms with E-state index in [9.17, 15) is 14.4 Å². The normalized spacial score (nSPS) is 17.4. The van der Waals surface area contributed by atoms with E-state index in [1.807, 2.05) is 12.1 Å². The lowest BCUT2D eigenvalue weighted by molar-refractivity contribution is -0.114. The van der Waals surface area contributed by atoms with Crippen LogP contribution in [0.15, 0.2) is 65.2 Å². The number of hydrogen-bond donors (Lipinski definition) is 2. The fourth-order valence-electron chi connectivity index (χ4n) is 4.43. The molecular weight excluding hydrogens is 430 g/mol. The molecule has 2 amide bonds.